The summed E-state index contributed by atoms with van der Waals surface area (Å²) < 4.78 is 18.3. The SMILES string of the molecule is CCCC[C@]1(c2ccc(F)cc2)NC(=O)N(CC(=O)OC(C)C)C1=O. The molecular weight excluding hydrogens is 327 g/mol. The molecule has 3 amide bonds. The van der Waals surface area contributed by atoms with Gasteiger partial charge in [0.25, 0.3) is 5.91 Å². The summed E-state index contributed by atoms with van der Waals surface area (Å²) >= 11 is 0. The van der Waals surface area contributed by atoms with Gasteiger partial charge in [0, 0.05) is 0 Å². The van der Waals surface area contributed by atoms with Crippen LogP contribution in [-0.2, 0) is 19.9 Å². The van der Waals surface area contributed by atoms with E-state index in [0.717, 1.165) is 11.3 Å². The maximum absolute atomic E-state index is 13.3. The first-order chi connectivity index (χ1) is 11.8. The quantitative estimate of drug-likeness (QED) is 0.606. The molecule has 0 bridgehead atoms. The van der Waals surface area contributed by atoms with Crippen molar-refractivity contribution in [2.75, 3.05) is 6.54 Å². The van der Waals surface area contributed by atoms with Crippen molar-refractivity contribution in [1.82, 2.24) is 10.2 Å². The Morgan fingerprint density at radius 1 is 1.28 bits per heavy atom. The topological polar surface area (TPSA) is 75.7 Å². The van der Waals surface area contributed by atoms with Crippen LogP contribution in [-0.4, -0.2) is 35.5 Å². The first kappa shape index (κ1) is 18.9. The molecule has 1 N–H and O–H groups in total. The number of nitrogens with zero attached hydrogens (tertiary/aromatic N) is 1. The highest BCUT2D eigenvalue weighted by atomic mass is 19.1. The summed E-state index contributed by atoms with van der Waals surface area (Å²) in [5, 5.41) is 2.70. The summed E-state index contributed by atoms with van der Waals surface area (Å²) in [5.41, 5.74) is -0.778. The van der Waals surface area contributed by atoms with Gasteiger partial charge in [-0.1, -0.05) is 31.9 Å². The summed E-state index contributed by atoms with van der Waals surface area (Å²) in [5.74, 6) is -1.59. The number of imide groups is 1. The summed E-state index contributed by atoms with van der Waals surface area (Å²) in [6.45, 7) is 4.90. The van der Waals surface area contributed by atoms with E-state index in [2.05, 4.69) is 5.32 Å². The fraction of sp³-hybridized carbons (Fsp3) is 0.500. The van der Waals surface area contributed by atoms with Gasteiger partial charge in [0.1, 0.15) is 17.9 Å². The number of carbonyl (C=O) groups is 3. The molecule has 1 atom stereocenters. The van der Waals surface area contributed by atoms with E-state index in [0.29, 0.717) is 18.4 Å². The van der Waals surface area contributed by atoms with E-state index in [9.17, 15) is 18.8 Å². The Kier molecular flexibility index (Phi) is 5.77. The molecule has 1 aliphatic rings. The Labute approximate surface area is 146 Å². The highest BCUT2D eigenvalue weighted by molar-refractivity contribution is 6.09. The van der Waals surface area contributed by atoms with Crippen molar-refractivity contribution < 1.29 is 23.5 Å². The molecule has 1 aromatic rings. The highest BCUT2D eigenvalue weighted by Crippen LogP contribution is 2.34. The van der Waals surface area contributed by atoms with E-state index < -0.39 is 35.8 Å². The first-order valence-electron chi connectivity index (χ1n) is 8.39. The number of rotatable bonds is 7. The van der Waals surface area contributed by atoms with E-state index in [4.69, 9.17) is 4.74 Å². The summed E-state index contributed by atoms with van der Waals surface area (Å²) in [6, 6.07) is 4.82. The van der Waals surface area contributed by atoms with Crippen LogP contribution in [0.4, 0.5) is 9.18 Å². The molecule has 1 heterocycles. The maximum atomic E-state index is 13.3. The number of amides is 3. The third-order valence-electron chi connectivity index (χ3n) is 4.07. The molecule has 0 saturated carbocycles. The fourth-order valence-corrected chi connectivity index (χ4v) is 2.88. The van der Waals surface area contributed by atoms with Crippen LogP contribution < -0.4 is 5.32 Å². The number of urea groups is 1. The van der Waals surface area contributed by atoms with Gasteiger partial charge in [0.05, 0.1) is 6.10 Å². The molecule has 0 aliphatic carbocycles. The van der Waals surface area contributed by atoms with Gasteiger partial charge < -0.3 is 10.1 Å². The van der Waals surface area contributed by atoms with E-state index >= 15 is 0 Å². The molecule has 1 fully saturated rings. The number of unbranched alkanes of at least 4 members (excludes halogenated alkanes) is 1. The number of ether oxygens (including phenoxy) is 1. The molecule has 25 heavy (non-hydrogen) atoms. The zero-order valence-electron chi connectivity index (χ0n) is 14.7. The molecule has 7 heteroatoms. The highest BCUT2D eigenvalue weighted by Gasteiger charge is 2.52. The van der Waals surface area contributed by atoms with Crippen LogP contribution in [0.2, 0.25) is 0 Å². The van der Waals surface area contributed by atoms with Crippen molar-refractivity contribution in [3.05, 3.63) is 35.6 Å². The number of hydrogen-bond acceptors (Lipinski definition) is 4. The molecule has 0 aromatic heterocycles. The molecule has 0 radical (unpaired) electrons. The normalized spacial score (nSPS) is 20.1. The Balaban J connectivity index is 2.31. The predicted octanol–water partition coefficient (Wildman–Crippen LogP) is 2.71. The number of hydrogen-bond donors (Lipinski definition) is 1. The van der Waals surface area contributed by atoms with Crippen LogP contribution >= 0.6 is 0 Å². The van der Waals surface area contributed by atoms with Crippen LogP contribution in [0, 0.1) is 5.82 Å². The van der Waals surface area contributed by atoms with E-state index in [1.807, 2.05) is 6.92 Å². The minimum atomic E-state index is -1.28. The van der Waals surface area contributed by atoms with Crippen molar-refractivity contribution in [3.63, 3.8) is 0 Å². The third-order valence-corrected chi connectivity index (χ3v) is 4.07. The van der Waals surface area contributed by atoms with Crippen molar-refractivity contribution in [1.29, 1.82) is 0 Å². The van der Waals surface area contributed by atoms with Gasteiger partial charge in [-0.15, -0.1) is 0 Å². The predicted molar refractivity (Wildman–Crippen MR) is 89.1 cm³/mol. The fourth-order valence-electron chi connectivity index (χ4n) is 2.88. The van der Waals surface area contributed by atoms with Crippen molar-refractivity contribution >= 4 is 17.9 Å². The second-order valence-corrected chi connectivity index (χ2v) is 6.38. The molecule has 0 unspecified atom stereocenters. The number of carbonyl (C=O) groups excluding carboxylic acids is 3. The minimum absolute atomic E-state index is 0.338. The maximum Gasteiger partial charge on any atom is 0.326 e. The molecule has 1 saturated heterocycles. The summed E-state index contributed by atoms with van der Waals surface area (Å²) in [4.78, 5) is 38.1. The Hall–Kier alpha value is -2.44. The second-order valence-electron chi connectivity index (χ2n) is 6.38. The van der Waals surface area contributed by atoms with E-state index in [1.165, 1.54) is 24.3 Å². The third kappa shape index (κ3) is 3.97. The van der Waals surface area contributed by atoms with Gasteiger partial charge in [-0.2, -0.15) is 0 Å². The lowest BCUT2D eigenvalue weighted by Crippen LogP contribution is -2.44. The number of halogens is 1. The van der Waals surface area contributed by atoms with Gasteiger partial charge in [-0.05, 0) is 38.0 Å². The van der Waals surface area contributed by atoms with Crippen LogP contribution in [0.1, 0.15) is 45.6 Å². The molecule has 1 aliphatic heterocycles. The van der Waals surface area contributed by atoms with Crippen molar-refractivity contribution in [2.24, 2.45) is 0 Å². The number of benzene rings is 1. The molecule has 2 rings (SSSR count). The summed E-state index contributed by atoms with van der Waals surface area (Å²) in [6.07, 6.45) is 1.54. The van der Waals surface area contributed by atoms with E-state index in [-0.39, 0.29) is 6.10 Å². The van der Waals surface area contributed by atoms with E-state index in [1.54, 1.807) is 13.8 Å². The zero-order valence-corrected chi connectivity index (χ0v) is 14.7. The monoisotopic (exact) mass is 350 g/mol. The van der Waals surface area contributed by atoms with Gasteiger partial charge in [0.15, 0.2) is 0 Å². The molecule has 6 nitrogen and oxygen atoms in total. The van der Waals surface area contributed by atoms with Crippen LogP contribution in [0.5, 0.6) is 0 Å². The number of esters is 1. The summed E-state index contributed by atoms with van der Waals surface area (Å²) in [7, 11) is 0. The smallest absolute Gasteiger partial charge is 0.326 e. The Bertz CT molecular complexity index is 660. The van der Waals surface area contributed by atoms with Gasteiger partial charge >= 0.3 is 12.0 Å². The lowest BCUT2D eigenvalue weighted by molar-refractivity contribution is -0.151. The zero-order chi connectivity index (χ0) is 18.6. The minimum Gasteiger partial charge on any atom is -0.462 e. The largest absolute Gasteiger partial charge is 0.462 e. The molecule has 136 valence electrons. The molecule has 1 aromatic carbocycles. The van der Waals surface area contributed by atoms with Gasteiger partial charge in [-0.25, -0.2) is 9.18 Å². The van der Waals surface area contributed by atoms with Crippen LogP contribution in [0.25, 0.3) is 0 Å². The lowest BCUT2D eigenvalue weighted by Gasteiger charge is -2.27. The lowest BCUT2D eigenvalue weighted by atomic mass is 9.85. The average Bonchev–Trinajstić information content (AvgIpc) is 2.78. The van der Waals surface area contributed by atoms with Crippen LogP contribution in [0.15, 0.2) is 24.3 Å². The van der Waals surface area contributed by atoms with Crippen LogP contribution in [0.3, 0.4) is 0 Å². The molecular formula is C18H23FN2O4. The first-order valence-corrected chi connectivity index (χ1v) is 8.39. The van der Waals surface area contributed by atoms with Gasteiger partial charge in [0.2, 0.25) is 0 Å². The van der Waals surface area contributed by atoms with Crippen molar-refractivity contribution in [2.45, 2.75) is 51.7 Å². The Morgan fingerprint density at radius 3 is 2.48 bits per heavy atom. The van der Waals surface area contributed by atoms with Crippen molar-refractivity contribution in [3.8, 4) is 0 Å². The average molecular weight is 350 g/mol. The standard InChI is InChI=1S/C18H23FN2O4/c1-4-5-10-18(13-6-8-14(19)9-7-13)16(23)21(17(24)20-18)11-15(22)25-12(2)3/h6-9,12H,4-5,10-11H2,1-3H3,(H,20,24)/t18-/m1/s1. The van der Waals surface area contributed by atoms with Gasteiger partial charge in [-0.3, -0.25) is 14.5 Å². The molecule has 0 spiro atoms. The Morgan fingerprint density at radius 2 is 1.92 bits per heavy atom. The number of nitrogens with one attached hydrogen (secondary N) is 1. The second kappa shape index (κ2) is 7.63.